The van der Waals surface area contributed by atoms with Crippen LogP contribution in [-0.4, -0.2) is 42.0 Å². The molecule has 1 fully saturated rings. The fourth-order valence-corrected chi connectivity index (χ4v) is 3.39. The highest BCUT2D eigenvalue weighted by Crippen LogP contribution is 2.24. The van der Waals surface area contributed by atoms with Gasteiger partial charge < -0.3 is 9.80 Å². The van der Waals surface area contributed by atoms with Crippen LogP contribution >= 0.6 is 11.6 Å². The predicted molar refractivity (Wildman–Crippen MR) is 98.0 cm³/mol. The molecule has 0 saturated carbocycles. The lowest BCUT2D eigenvalue weighted by atomic mass is 10.1. The van der Waals surface area contributed by atoms with E-state index in [1.54, 1.807) is 4.90 Å². The van der Waals surface area contributed by atoms with Crippen molar-refractivity contribution in [2.24, 2.45) is 0 Å². The minimum atomic E-state index is -0.471. The number of rotatable bonds is 2. The molecule has 7 heteroatoms. The first-order valence-corrected chi connectivity index (χ1v) is 8.66. The third-order valence-corrected chi connectivity index (χ3v) is 4.78. The van der Waals surface area contributed by atoms with Crippen molar-refractivity contribution in [2.75, 3.05) is 31.1 Å². The monoisotopic (exact) mass is 372 g/mol. The zero-order valence-electron chi connectivity index (χ0n) is 14.6. The van der Waals surface area contributed by atoms with Gasteiger partial charge in [-0.15, -0.1) is 0 Å². The van der Waals surface area contributed by atoms with E-state index in [9.17, 15) is 14.4 Å². The van der Waals surface area contributed by atoms with E-state index in [4.69, 9.17) is 11.6 Å². The first-order chi connectivity index (χ1) is 12.4. The molecular formula is C19H18ClFN4O. The molecule has 0 bridgehead atoms. The number of halogens is 2. The van der Waals surface area contributed by atoms with Crippen molar-refractivity contribution in [1.82, 2.24) is 9.88 Å². The van der Waals surface area contributed by atoms with Crippen molar-refractivity contribution in [2.45, 2.75) is 13.8 Å². The molecule has 0 unspecified atom stereocenters. The zero-order valence-corrected chi connectivity index (χ0v) is 15.3. The van der Waals surface area contributed by atoms with E-state index in [2.05, 4.69) is 11.1 Å². The van der Waals surface area contributed by atoms with Gasteiger partial charge in [-0.25, -0.2) is 9.37 Å². The molecule has 1 aromatic carbocycles. The van der Waals surface area contributed by atoms with Gasteiger partial charge in [0.25, 0.3) is 5.91 Å². The van der Waals surface area contributed by atoms with Gasteiger partial charge in [0.05, 0.1) is 16.1 Å². The standard InChI is InChI=1S/C19H18ClFN4O/c1-12-9-13(2)23-18(16(12)11-22)24-5-7-25(8-6-24)19(26)15-4-3-14(21)10-17(15)20/h3-4,9-10H,5-8H2,1-2H3. The van der Waals surface area contributed by atoms with Crippen LogP contribution in [-0.2, 0) is 0 Å². The Morgan fingerprint density at radius 3 is 2.54 bits per heavy atom. The molecule has 134 valence electrons. The van der Waals surface area contributed by atoms with E-state index in [-0.39, 0.29) is 10.9 Å². The van der Waals surface area contributed by atoms with Gasteiger partial charge in [-0.3, -0.25) is 4.79 Å². The second-order valence-corrected chi connectivity index (χ2v) is 6.70. The van der Waals surface area contributed by atoms with Crippen molar-refractivity contribution >= 4 is 23.3 Å². The Hall–Kier alpha value is -2.65. The van der Waals surface area contributed by atoms with Crippen LogP contribution in [0.25, 0.3) is 0 Å². The number of piperazine rings is 1. The van der Waals surface area contributed by atoms with Crippen molar-refractivity contribution in [1.29, 1.82) is 5.26 Å². The highest BCUT2D eigenvalue weighted by molar-refractivity contribution is 6.33. The number of benzene rings is 1. The molecule has 1 aliphatic heterocycles. The number of hydrogen-bond donors (Lipinski definition) is 0. The molecule has 1 aromatic heterocycles. The largest absolute Gasteiger partial charge is 0.352 e. The molecule has 3 rings (SSSR count). The number of aromatic nitrogens is 1. The first-order valence-electron chi connectivity index (χ1n) is 8.28. The first kappa shape index (κ1) is 18.2. The molecule has 2 aromatic rings. The molecule has 5 nitrogen and oxygen atoms in total. The van der Waals surface area contributed by atoms with E-state index in [0.717, 1.165) is 17.3 Å². The van der Waals surface area contributed by atoms with E-state index >= 15 is 0 Å². The van der Waals surface area contributed by atoms with E-state index < -0.39 is 5.82 Å². The van der Waals surface area contributed by atoms with Gasteiger partial charge in [0, 0.05) is 31.9 Å². The third-order valence-electron chi connectivity index (χ3n) is 4.47. The molecule has 0 aliphatic carbocycles. The Bertz CT molecular complexity index is 901. The van der Waals surface area contributed by atoms with Crippen LogP contribution in [0.2, 0.25) is 5.02 Å². The maximum absolute atomic E-state index is 13.2. The summed E-state index contributed by atoms with van der Waals surface area (Å²) < 4.78 is 13.2. The molecule has 1 amide bonds. The molecule has 2 heterocycles. The number of nitrogens with zero attached hydrogens (tertiary/aromatic N) is 4. The molecule has 0 N–H and O–H groups in total. The lowest BCUT2D eigenvalue weighted by Gasteiger charge is -2.36. The van der Waals surface area contributed by atoms with Crippen molar-refractivity contribution < 1.29 is 9.18 Å². The molecule has 1 saturated heterocycles. The summed E-state index contributed by atoms with van der Waals surface area (Å²) in [6.45, 7) is 5.88. The Balaban J connectivity index is 1.76. The molecule has 0 spiro atoms. The van der Waals surface area contributed by atoms with E-state index in [1.807, 2.05) is 24.8 Å². The van der Waals surface area contributed by atoms with Crippen LogP contribution in [0.1, 0.15) is 27.2 Å². The van der Waals surface area contributed by atoms with E-state index in [1.165, 1.54) is 12.1 Å². The average molecular weight is 373 g/mol. The number of carbonyl (C=O) groups is 1. The third kappa shape index (κ3) is 3.49. The molecule has 1 aliphatic rings. The fourth-order valence-electron chi connectivity index (χ4n) is 3.14. The van der Waals surface area contributed by atoms with Gasteiger partial charge >= 0.3 is 0 Å². The number of carbonyl (C=O) groups excluding carboxylic acids is 1. The Labute approximate surface area is 156 Å². The topological polar surface area (TPSA) is 60.2 Å². The summed E-state index contributed by atoms with van der Waals surface area (Å²) in [5, 5.41) is 9.55. The summed E-state index contributed by atoms with van der Waals surface area (Å²) in [6.07, 6.45) is 0. The van der Waals surface area contributed by atoms with Crippen molar-refractivity contribution in [3.05, 3.63) is 57.5 Å². The summed E-state index contributed by atoms with van der Waals surface area (Å²) in [5.41, 5.74) is 2.61. The van der Waals surface area contributed by atoms with Gasteiger partial charge in [-0.05, 0) is 43.7 Å². The van der Waals surface area contributed by atoms with Crippen LogP contribution in [0.5, 0.6) is 0 Å². The smallest absolute Gasteiger partial charge is 0.255 e. The quantitative estimate of drug-likeness (QED) is 0.811. The second kappa shape index (κ2) is 7.30. The van der Waals surface area contributed by atoms with Gasteiger partial charge in [-0.1, -0.05) is 11.6 Å². The maximum atomic E-state index is 13.2. The molecular weight excluding hydrogens is 355 g/mol. The summed E-state index contributed by atoms with van der Waals surface area (Å²) in [5.74, 6) is -0.0262. The number of anilines is 1. The number of hydrogen-bond acceptors (Lipinski definition) is 4. The second-order valence-electron chi connectivity index (χ2n) is 6.29. The lowest BCUT2D eigenvalue weighted by molar-refractivity contribution is 0.0746. The molecule has 26 heavy (non-hydrogen) atoms. The Morgan fingerprint density at radius 1 is 1.23 bits per heavy atom. The van der Waals surface area contributed by atoms with Crippen molar-refractivity contribution in [3.63, 3.8) is 0 Å². The Kier molecular flexibility index (Phi) is 5.10. The highest BCUT2D eigenvalue weighted by atomic mass is 35.5. The number of pyridine rings is 1. The summed E-state index contributed by atoms with van der Waals surface area (Å²) in [4.78, 5) is 20.9. The normalized spacial score (nSPS) is 14.3. The molecule has 0 atom stereocenters. The lowest BCUT2D eigenvalue weighted by Crippen LogP contribution is -2.49. The summed E-state index contributed by atoms with van der Waals surface area (Å²) >= 11 is 6.00. The number of aryl methyl sites for hydroxylation is 2. The SMILES string of the molecule is Cc1cc(C)c(C#N)c(N2CCN(C(=O)c3ccc(F)cc3Cl)CC2)n1. The minimum absolute atomic E-state index is 0.111. The van der Waals surface area contributed by atoms with Crippen molar-refractivity contribution in [3.8, 4) is 6.07 Å². The molecule has 0 radical (unpaired) electrons. The minimum Gasteiger partial charge on any atom is -0.352 e. The Morgan fingerprint density at radius 2 is 1.92 bits per heavy atom. The number of nitriles is 1. The predicted octanol–water partition coefficient (Wildman–Crippen LogP) is 3.33. The van der Waals surface area contributed by atoms with E-state index in [0.29, 0.717) is 43.1 Å². The van der Waals surface area contributed by atoms with Crippen LogP contribution in [0.4, 0.5) is 10.2 Å². The number of amides is 1. The van der Waals surface area contributed by atoms with Gasteiger partial charge in [-0.2, -0.15) is 5.26 Å². The maximum Gasteiger partial charge on any atom is 0.255 e. The van der Waals surface area contributed by atoms with Gasteiger partial charge in [0.2, 0.25) is 0 Å². The van der Waals surface area contributed by atoms with Crippen LogP contribution in [0.3, 0.4) is 0 Å². The summed E-state index contributed by atoms with van der Waals surface area (Å²) in [6, 6.07) is 7.89. The zero-order chi connectivity index (χ0) is 18.8. The van der Waals surface area contributed by atoms with Gasteiger partial charge in [0.15, 0.2) is 0 Å². The average Bonchev–Trinajstić information content (AvgIpc) is 2.61. The van der Waals surface area contributed by atoms with Gasteiger partial charge in [0.1, 0.15) is 17.7 Å². The highest BCUT2D eigenvalue weighted by Gasteiger charge is 2.26. The fraction of sp³-hybridized carbons (Fsp3) is 0.316. The van der Waals surface area contributed by atoms with Crippen LogP contribution in [0.15, 0.2) is 24.3 Å². The van der Waals surface area contributed by atoms with Crippen LogP contribution in [0, 0.1) is 31.0 Å². The summed E-state index contributed by atoms with van der Waals surface area (Å²) in [7, 11) is 0. The van der Waals surface area contributed by atoms with Crippen LogP contribution < -0.4 is 4.90 Å².